The van der Waals surface area contributed by atoms with E-state index in [1.807, 2.05) is 24.3 Å². The van der Waals surface area contributed by atoms with E-state index < -0.39 is 0 Å². The molecule has 2 N–H and O–H groups in total. The minimum Gasteiger partial charge on any atom is -0.491 e. The summed E-state index contributed by atoms with van der Waals surface area (Å²) in [5, 5.41) is 6.27. The molecule has 0 bridgehead atoms. The first-order chi connectivity index (χ1) is 16.7. The molecule has 1 aromatic carbocycles. The summed E-state index contributed by atoms with van der Waals surface area (Å²) < 4.78 is 5.98. The standard InChI is InChI=1S/C26H35N5O3/c32-24(27-14-18-30-15-6-7-16-30)20-31-17-5-1-2-8-19-34-23-12-4-3-11-22(23)29-25-21(26(31)33)10-9-13-28-25/h3-4,9-13H,1-2,5-8,14-20H2,(H,27,32)(H,28,29). The van der Waals surface area contributed by atoms with Gasteiger partial charge in [0.15, 0.2) is 0 Å². The maximum absolute atomic E-state index is 13.6. The Balaban J connectivity index is 1.48. The number of benzene rings is 1. The van der Waals surface area contributed by atoms with Crippen LogP contribution in [-0.2, 0) is 4.79 Å². The quantitative estimate of drug-likeness (QED) is 0.704. The van der Waals surface area contributed by atoms with Crippen LogP contribution in [0.4, 0.5) is 11.5 Å². The summed E-state index contributed by atoms with van der Waals surface area (Å²) in [7, 11) is 0. The summed E-state index contributed by atoms with van der Waals surface area (Å²) in [6.07, 6.45) is 7.88. The minimum absolute atomic E-state index is 0.0485. The van der Waals surface area contributed by atoms with Gasteiger partial charge in [0, 0.05) is 25.8 Å². The van der Waals surface area contributed by atoms with Crippen LogP contribution in [0.2, 0.25) is 0 Å². The number of hydrogen-bond donors (Lipinski definition) is 2. The molecule has 0 spiro atoms. The first-order valence-corrected chi connectivity index (χ1v) is 12.4. The molecule has 2 aliphatic heterocycles. The Morgan fingerprint density at radius 1 is 1.00 bits per heavy atom. The van der Waals surface area contributed by atoms with Gasteiger partial charge in [-0.05, 0) is 63.0 Å². The number of pyridine rings is 1. The molecule has 2 aliphatic rings. The molecule has 0 radical (unpaired) electrons. The number of fused-ring (bicyclic) bond motifs is 2. The van der Waals surface area contributed by atoms with Crippen LogP contribution in [0.15, 0.2) is 42.6 Å². The fraction of sp³-hybridized carbons (Fsp3) is 0.500. The molecule has 1 saturated heterocycles. The van der Waals surface area contributed by atoms with Crippen LogP contribution in [-0.4, -0.2) is 72.5 Å². The molecule has 182 valence electrons. The highest BCUT2D eigenvalue weighted by atomic mass is 16.5. The molecule has 1 fully saturated rings. The predicted octanol–water partition coefficient (Wildman–Crippen LogP) is 3.43. The largest absolute Gasteiger partial charge is 0.491 e. The van der Waals surface area contributed by atoms with Crippen LogP contribution in [0.25, 0.3) is 0 Å². The van der Waals surface area contributed by atoms with Crippen LogP contribution in [0, 0.1) is 0 Å². The van der Waals surface area contributed by atoms with Crippen molar-refractivity contribution in [1.29, 1.82) is 0 Å². The highest BCUT2D eigenvalue weighted by Crippen LogP contribution is 2.29. The van der Waals surface area contributed by atoms with E-state index in [1.54, 1.807) is 23.2 Å². The van der Waals surface area contributed by atoms with Crippen molar-refractivity contribution in [3.05, 3.63) is 48.2 Å². The first kappa shape index (κ1) is 24.0. The number of para-hydroxylation sites is 2. The van der Waals surface area contributed by atoms with Crippen molar-refractivity contribution in [1.82, 2.24) is 20.1 Å². The number of anilines is 2. The normalized spacial score (nSPS) is 17.6. The van der Waals surface area contributed by atoms with Crippen LogP contribution >= 0.6 is 0 Å². The SMILES string of the molecule is O=C(CN1CCCCCCOc2ccccc2Nc2ncccc2C1=O)NCCN1CCCC1. The maximum Gasteiger partial charge on any atom is 0.258 e. The van der Waals surface area contributed by atoms with Gasteiger partial charge in [0.25, 0.3) is 5.91 Å². The third-order valence-electron chi connectivity index (χ3n) is 6.33. The van der Waals surface area contributed by atoms with Crippen molar-refractivity contribution in [3.63, 3.8) is 0 Å². The second-order valence-corrected chi connectivity index (χ2v) is 8.91. The zero-order chi connectivity index (χ0) is 23.6. The van der Waals surface area contributed by atoms with Gasteiger partial charge in [-0.15, -0.1) is 0 Å². The Kier molecular flexibility index (Phi) is 8.73. The summed E-state index contributed by atoms with van der Waals surface area (Å²) in [4.78, 5) is 34.7. The zero-order valence-corrected chi connectivity index (χ0v) is 19.8. The number of rotatable bonds is 5. The Bertz CT molecular complexity index is 961. The number of carbonyl (C=O) groups excluding carboxylic acids is 2. The van der Waals surface area contributed by atoms with Gasteiger partial charge in [0.1, 0.15) is 11.6 Å². The third kappa shape index (κ3) is 6.70. The lowest BCUT2D eigenvalue weighted by atomic mass is 10.1. The average molecular weight is 466 g/mol. The van der Waals surface area contributed by atoms with Crippen molar-refractivity contribution < 1.29 is 14.3 Å². The Labute approximate surface area is 201 Å². The Morgan fingerprint density at radius 2 is 1.79 bits per heavy atom. The monoisotopic (exact) mass is 465 g/mol. The number of ether oxygens (including phenoxy) is 1. The topological polar surface area (TPSA) is 86.8 Å². The second kappa shape index (κ2) is 12.4. The van der Waals surface area contributed by atoms with E-state index in [4.69, 9.17) is 4.74 Å². The van der Waals surface area contributed by atoms with Crippen LogP contribution in [0.3, 0.4) is 0 Å². The lowest BCUT2D eigenvalue weighted by Crippen LogP contribution is -2.43. The van der Waals surface area contributed by atoms with E-state index in [0.717, 1.165) is 56.8 Å². The number of nitrogens with one attached hydrogen (secondary N) is 2. The van der Waals surface area contributed by atoms with E-state index in [9.17, 15) is 9.59 Å². The van der Waals surface area contributed by atoms with Crippen LogP contribution < -0.4 is 15.4 Å². The molecule has 2 amide bonds. The molecule has 0 atom stereocenters. The van der Waals surface area contributed by atoms with E-state index in [2.05, 4.69) is 20.5 Å². The molecule has 4 rings (SSSR count). The summed E-state index contributed by atoms with van der Waals surface area (Å²) in [6, 6.07) is 11.2. The van der Waals surface area contributed by atoms with E-state index >= 15 is 0 Å². The lowest BCUT2D eigenvalue weighted by Gasteiger charge is -2.24. The molecule has 0 unspecified atom stereocenters. The number of aromatic nitrogens is 1. The smallest absolute Gasteiger partial charge is 0.258 e. The fourth-order valence-corrected chi connectivity index (χ4v) is 4.45. The molecule has 8 nitrogen and oxygen atoms in total. The lowest BCUT2D eigenvalue weighted by molar-refractivity contribution is -0.121. The second-order valence-electron chi connectivity index (χ2n) is 8.91. The van der Waals surface area contributed by atoms with Gasteiger partial charge in [0.2, 0.25) is 5.91 Å². The van der Waals surface area contributed by atoms with Crippen LogP contribution in [0.1, 0.15) is 48.9 Å². The summed E-state index contributed by atoms with van der Waals surface area (Å²) in [5.41, 5.74) is 1.21. The van der Waals surface area contributed by atoms with Crippen molar-refractivity contribution in [3.8, 4) is 5.75 Å². The van der Waals surface area contributed by atoms with Gasteiger partial charge >= 0.3 is 0 Å². The number of nitrogens with zero attached hydrogens (tertiary/aromatic N) is 3. The molecule has 0 aliphatic carbocycles. The maximum atomic E-state index is 13.6. The molecule has 2 aromatic rings. The summed E-state index contributed by atoms with van der Waals surface area (Å²) >= 11 is 0. The molecular formula is C26H35N5O3. The van der Waals surface area contributed by atoms with Gasteiger partial charge in [-0.1, -0.05) is 25.0 Å². The molecule has 8 heteroatoms. The van der Waals surface area contributed by atoms with Crippen molar-refractivity contribution in [2.75, 3.05) is 51.2 Å². The predicted molar refractivity (Wildman–Crippen MR) is 133 cm³/mol. The zero-order valence-electron chi connectivity index (χ0n) is 19.8. The summed E-state index contributed by atoms with van der Waals surface area (Å²) in [6.45, 7) is 4.89. The van der Waals surface area contributed by atoms with Gasteiger partial charge in [-0.3, -0.25) is 9.59 Å². The molecule has 3 heterocycles. The van der Waals surface area contributed by atoms with E-state index in [0.29, 0.717) is 31.1 Å². The van der Waals surface area contributed by atoms with Gasteiger partial charge in [-0.25, -0.2) is 4.98 Å². The first-order valence-electron chi connectivity index (χ1n) is 12.4. The van der Waals surface area contributed by atoms with Crippen molar-refractivity contribution in [2.24, 2.45) is 0 Å². The molecule has 0 saturated carbocycles. The number of carbonyl (C=O) groups is 2. The number of amides is 2. The molecular weight excluding hydrogens is 430 g/mol. The molecule has 34 heavy (non-hydrogen) atoms. The van der Waals surface area contributed by atoms with Crippen molar-refractivity contribution >= 4 is 23.3 Å². The summed E-state index contributed by atoms with van der Waals surface area (Å²) in [5.74, 6) is 0.879. The van der Waals surface area contributed by atoms with Crippen molar-refractivity contribution in [2.45, 2.75) is 38.5 Å². The third-order valence-corrected chi connectivity index (χ3v) is 6.33. The van der Waals surface area contributed by atoms with Gasteiger partial charge < -0.3 is 25.2 Å². The highest BCUT2D eigenvalue weighted by molar-refractivity contribution is 6.01. The van der Waals surface area contributed by atoms with Gasteiger partial charge in [-0.2, -0.15) is 0 Å². The Hall–Kier alpha value is -3.13. The average Bonchev–Trinajstić information content (AvgIpc) is 3.37. The van der Waals surface area contributed by atoms with E-state index in [-0.39, 0.29) is 18.4 Å². The Morgan fingerprint density at radius 3 is 2.68 bits per heavy atom. The highest BCUT2D eigenvalue weighted by Gasteiger charge is 2.23. The van der Waals surface area contributed by atoms with Crippen LogP contribution in [0.5, 0.6) is 5.75 Å². The number of likely N-dealkylation sites (tertiary alicyclic amines) is 1. The molecule has 1 aromatic heterocycles. The number of hydrogen-bond acceptors (Lipinski definition) is 6. The minimum atomic E-state index is -0.194. The van der Waals surface area contributed by atoms with Gasteiger partial charge in [0.05, 0.1) is 24.4 Å². The fourth-order valence-electron chi connectivity index (χ4n) is 4.45. The van der Waals surface area contributed by atoms with E-state index in [1.165, 1.54) is 12.8 Å².